The number of carbonyl (C=O) groups excluding carboxylic acids is 1. The average Bonchev–Trinajstić information content (AvgIpc) is 2.87. The summed E-state index contributed by atoms with van der Waals surface area (Å²) in [5, 5.41) is 6.04. The zero-order valence-electron chi connectivity index (χ0n) is 18.3. The number of rotatable bonds is 7. The van der Waals surface area contributed by atoms with Crippen LogP contribution in [-0.4, -0.2) is 51.5 Å². The lowest BCUT2D eigenvalue weighted by atomic mass is 9.95. The van der Waals surface area contributed by atoms with E-state index in [0.717, 1.165) is 11.1 Å². The first kappa shape index (κ1) is 22.0. The normalized spacial score (nSPS) is 11.8. The number of benzene rings is 1. The molecule has 0 bridgehead atoms. The molecule has 2 N–H and O–H groups in total. The summed E-state index contributed by atoms with van der Waals surface area (Å²) in [5.41, 5.74) is 2.92. The second-order valence-electron chi connectivity index (χ2n) is 7.33. The third kappa shape index (κ3) is 4.54. The molecule has 0 spiro atoms. The van der Waals surface area contributed by atoms with Crippen LogP contribution in [0.5, 0.6) is 6.01 Å². The number of hydrogen-bond acceptors (Lipinski definition) is 8. The molecule has 4 aromatic rings. The smallest absolute Gasteiger partial charge is 0.316 e. The number of fused-ring (bicyclic) bond motifs is 1. The Balaban J connectivity index is 1.56. The van der Waals surface area contributed by atoms with Crippen LogP contribution in [-0.2, 0) is 0 Å². The van der Waals surface area contributed by atoms with E-state index in [1.54, 1.807) is 24.5 Å². The first-order chi connectivity index (χ1) is 16.0. The van der Waals surface area contributed by atoms with Gasteiger partial charge in [-0.2, -0.15) is 0 Å². The first-order valence-corrected chi connectivity index (χ1v) is 10.2. The minimum atomic E-state index is -0.484. The molecule has 3 heterocycles. The standard InChI is InChI=1S/C23H22FN7O2/c1-13(15-4-5-17(24)20-16(22(32)25-2)6-7-26-21(15)20)9-27-19-8-18(30-12-31-19)14-10-28-23(33-3)29-11-14/h4-8,10-13H,9H2,1-3H3,(H,25,32)(H,27,30,31). The monoisotopic (exact) mass is 447 g/mol. The van der Waals surface area contributed by atoms with Crippen molar-refractivity contribution < 1.29 is 13.9 Å². The number of halogens is 1. The Hall–Kier alpha value is -4.21. The van der Waals surface area contributed by atoms with Crippen LogP contribution < -0.4 is 15.4 Å². The molecule has 0 aliphatic rings. The van der Waals surface area contributed by atoms with Crippen LogP contribution >= 0.6 is 0 Å². The molecule has 4 rings (SSSR count). The van der Waals surface area contributed by atoms with Crippen LogP contribution in [0.25, 0.3) is 22.2 Å². The van der Waals surface area contributed by atoms with Crippen LogP contribution in [0.15, 0.2) is 49.2 Å². The van der Waals surface area contributed by atoms with Crippen molar-refractivity contribution in [1.29, 1.82) is 0 Å². The van der Waals surface area contributed by atoms with Crippen LogP contribution in [0.3, 0.4) is 0 Å². The zero-order valence-corrected chi connectivity index (χ0v) is 18.3. The molecule has 1 atom stereocenters. The van der Waals surface area contributed by atoms with Gasteiger partial charge in [0.05, 0.1) is 23.9 Å². The zero-order chi connectivity index (χ0) is 23.4. The third-order valence-corrected chi connectivity index (χ3v) is 5.24. The molecule has 0 fully saturated rings. The highest BCUT2D eigenvalue weighted by Gasteiger charge is 2.18. The van der Waals surface area contributed by atoms with E-state index < -0.39 is 5.82 Å². The van der Waals surface area contributed by atoms with Gasteiger partial charge in [0, 0.05) is 55.1 Å². The van der Waals surface area contributed by atoms with Crippen LogP contribution in [0.2, 0.25) is 0 Å². The van der Waals surface area contributed by atoms with Crippen molar-refractivity contribution in [1.82, 2.24) is 30.2 Å². The fourth-order valence-electron chi connectivity index (χ4n) is 3.50. The number of ether oxygens (including phenoxy) is 1. The molecule has 9 nitrogen and oxygen atoms in total. The Labute approximate surface area is 189 Å². The molecule has 33 heavy (non-hydrogen) atoms. The number of nitrogens with zero attached hydrogens (tertiary/aromatic N) is 5. The second kappa shape index (κ2) is 9.51. The number of aromatic nitrogens is 5. The van der Waals surface area contributed by atoms with Crippen molar-refractivity contribution in [2.45, 2.75) is 12.8 Å². The minimum Gasteiger partial charge on any atom is -0.467 e. The molecule has 0 saturated carbocycles. The lowest BCUT2D eigenvalue weighted by molar-refractivity contribution is 0.0964. The van der Waals surface area contributed by atoms with Gasteiger partial charge in [-0.25, -0.2) is 24.3 Å². The molecule has 0 aliphatic carbocycles. The van der Waals surface area contributed by atoms with Crippen LogP contribution in [0.1, 0.15) is 28.8 Å². The van der Waals surface area contributed by atoms with Gasteiger partial charge < -0.3 is 15.4 Å². The molecular formula is C23H22FN7O2. The Morgan fingerprint density at radius 3 is 2.64 bits per heavy atom. The minimum absolute atomic E-state index is 0.0525. The summed E-state index contributed by atoms with van der Waals surface area (Å²) < 4.78 is 19.6. The number of nitrogens with one attached hydrogen (secondary N) is 2. The Morgan fingerprint density at radius 1 is 1.12 bits per heavy atom. The number of pyridine rings is 1. The van der Waals surface area contributed by atoms with Crippen molar-refractivity contribution in [3.63, 3.8) is 0 Å². The topological polar surface area (TPSA) is 115 Å². The van der Waals surface area contributed by atoms with Gasteiger partial charge in [0.1, 0.15) is 18.0 Å². The molecule has 1 unspecified atom stereocenters. The summed E-state index contributed by atoms with van der Waals surface area (Å²) in [7, 11) is 3.01. The summed E-state index contributed by atoms with van der Waals surface area (Å²) in [6.45, 7) is 2.50. The number of anilines is 1. The molecule has 0 aliphatic heterocycles. The summed E-state index contributed by atoms with van der Waals surface area (Å²) in [6.07, 6.45) is 6.22. The molecule has 168 valence electrons. The second-order valence-corrected chi connectivity index (χ2v) is 7.33. The fourth-order valence-corrected chi connectivity index (χ4v) is 3.50. The van der Waals surface area contributed by atoms with Gasteiger partial charge in [0.15, 0.2) is 0 Å². The number of carbonyl (C=O) groups is 1. The van der Waals surface area contributed by atoms with Crippen molar-refractivity contribution in [2.75, 3.05) is 26.0 Å². The third-order valence-electron chi connectivity index (χ3n) is 5.24. The van der Waals surface area contributed by atoms with E-state index in [-0.39, 0.29) is 28.8 Å². The van der Waals surface area contributed by atoms with Crippen LogP contribution in [0.4, 0.5) is 10.2 Å². The van der Waals surface area contributed by atoms with Gasteiger partial charge in [0.2, 0.25) is 0 Å². The average molecular weight is 447 g/mol. The molecule has 0 radical (unpaired) electrons. The fraction of sp³-hybridized carbons (Fsp3) is 0.217. The molecule has 3 aromatic heterocycles. The van der Waals surface area contributed by atoms with Crippen molar-refractivity contribution >= 4 is 22.6 Å². The van der Waals surface area contributed by atoms with E-state index in [4.69, 9.17) is 4.74 Å². The summed E-state index contributed by atoms with van der Waals surface area (Å²) >= 11 is 0. The summed E-state index contributed by atoms with van der Waals surface area (Å²) in [6, 6.07) is 6.66. The Morgan fingerprint density at radius 2 is 1.91 bits per heavy atom. The van der Waals surface area contributed by atoms with Gasteiger partial charge in [-0.1, -0.05) is 13.0 Å². The van der Waals surface area contributed by atoms with E-state index in [2.05, 4.69) is 35.6 Å². The number of methoxy groups -OCH3 is 1. The number of amides is 1. The maximum Gasteiger partial charge on any atom is 0.316 e. The van der Waals surface area contributed by atoms with E-state index in [9.17, 15) is 9.18 Å². The van der Waals surface area contributed by atoms with Gasteiger partial charge in [-0.15, -0.1) is 0 Å². The predicted molar refractivity (Wildman–Crippen MR) is 122 cm³/mol. The first-order valence-electron chi connectivity index (χ1n) is 10.2. The highest BCUT2D eigenvalue weighted by Crippen LogP contribution is 2.29. The van der Waals surface area contributed by atoms with Crippen LogP contribution in [0, 0.1) is 5.82 Å². The quantitative estimate of drug-likeness (QED) is 0.444. The lowest BCUT2D eigenvalue weighted by Gasteiger charge is -2.17. The number of hydrogen-bond donors (Lipinski definition) is 2. The highest BCUT2D eigenvalue weighted by atomic mass is 19.1. The molecule has 1 aromatic carbocycles. The van der Waals surface area contributed by atoms with E-state index >= 15 is 0 Å². The van der Waals surface area contributed by atoms with E-state index in [0.29, 0.717) is 23.6 Å². The van der Waals surface area contributed by atoms with Gasteiger partial charge in [0.25, 0.3) is 5.91 Å². The maximum absolute atomic E-state index is 14.6. The largest absolute Gasteiger partial charge is 0.467 e. The van der Waals surface area contributed by atoms with E-state index in [1.807, 2.05) is 6.92 Å². The Bertz CT molecular complexity index is 1300. The maximum atomic E-state index is 14.6. The molecule has 0 saturated heterocycles. The van der Waals surface area contributed by atoms with E-state index in [1.165, 1.54) is 38.8 Å². The van der Waals surface area contributed by atoms with Gasteiger partial charge >= 0.3 is 6.01 Å². The predicted octanol–water partition coefficient (Wildman–Crippen LogP) is 3.20. The molecular weight excluding hydrogens is 425 g/mol. The Kier molecular flexibility index (Phi) is 6.34. The van der Waals surface area contributed by atoms with Gasteiger partial charge in [-0.3, -0.25) is 9.78 Å². The molecule has 1 amide bonds. The van der Waals surface area contributed by atoms with Gasteiger partial charge in [-0.05, 0) is 17.7 Å². The lowest BCUT2D eigenvalue weighted by Crippen LogP contribution is -2.19. The van der Waals surface area contributed by atoms with Crippen molar-refractivity contribution in [3.05, 3.63) is 66.1 Å². The summed E-state index contributed by atoms with van der Waals surface area (Å²) in [4.78, 5) is 33.3. The van der Waals surface area contributed by atoms with Crippen molar-refractivity contribution in [3.8, 4) is 17.3 Å². The summed E-state index contributed by atoms with van der Waals surface area (Å²) in [5.74, 6) is -0.278. The van der Waals surface area contributed by atoms with Crippen molar-refractivity contribution in [2.24, 2.45) is 0 Å². The SMILES string of the molecule is CNC(=O)c1ccnc2c(C(C)CNc3cc(-c4cnc(OC)nc4)ncn3)ccc(F)c12. The highest BCUT2D eigenvalue weighted by molar-refractivity contribution is 6.06. The molecule has 10 heteroatoms.